The standard InChI is InChI=1S/C21H26N2O5S/c1-27-17-8-11-19(20(14-17)28-2)21(24)22-15-16-6-9-18(10-7-16)29(25,26)23-12-4-3-5-13-23/h6-11,14H,3-5,12-13,15H2,1-2H3,(H,22,24). The third-order valence-electron chi connectivity index (χ3n) is 4.98. The number of nitrogens with zero attached hydrogens (tertiary/aromatic N) is 1. The summed E-state index contributed by atoms with van der Waals surface area (Å²) in [6.45, 7) is 1.42. The molecule has 0 spiro atoms. The number of piperidine rings is 1. The molecule has 1 amide bonds. The van der Waals surface area contributed by atoms with Crippen molar-refractivity contribution in [2.45, 2.75) is 30.7 Å². The summed E-state index contributed by atoms with van der Waals surface area (Å²) in [6, 6.07) is 11.6. The minimum Gasteiger partial charge on any atom is -0.497 e. The molecule has 8 heteroatoms. The molecule has 0 bridgehead atoms. The number of carbonyl (C=O) groups excluding carboxylic acids is 1. The fourth-order valence-electron chi connectivity index (χ4n) is 3.30. The number of carbonyl (C=O) groups is 1. The lowest BCUT2D eigenvalue weighted by molar-refractivity contribution is 0.0948. The predicted molar refractivity (Wildman–Crippen MR) is 110 cm³/mol. The Morgan fingerprint density at radius 3 is 2.31 bits per heavy atom. The molecule has 29 heavy (non-hydrogen) atoms. The number of benzene rings is 2. The highest BCUT2D eigenvalue weighted by atomic mass is 32.2. The van der Waals surface area contributed by atoms with Gasteiger partial charge in [0.15, 0.2) is 0 Å². The second-order valence-corrected chi connectivity index (χ2v) is 8.80. The molecular weight excluding hydrogens is 392 g/mol. The first kappa shape index (κ1) is 21.1. The highest BCUT2D eigenvalue weighted by Gasteiger charge is 2.25. The number of hydrogen-bond acceptors (Lipinski definition) is 5. The van der Waals surface area contributed by atoms with Crippen molar-refractivity contribution >= 4 is 15.9 Å². The van der Waals surface area contributed by atoms with Crippen molar-refractivity contribution in [3.05, 3.63) is 53.6 Å². The molecule has 2 aromatic carbocycles. The number of methoxy groups -OCH3 is 2. The maximum Gasteiger partial charge on any atom is 0.255 e. The Balaban J connectivity index is 1.65. The van der Waals surface area contributed by atoms with Gasteiger partial charge >= 0.3 is 0 Å². The summed E-state index contributed by atoms with van der Waals surface area (Å²) in [6.07, 6.45) is 2.87. The molecule has 0 aromatic heterocycles. The molecule has 1 aliphatic heterocycles. The smallest absolute Gasteiger partial charge is 0.255 e. The van der Waals surface area contributed by atoms with Gasteiger partial charge in [-0.1, -0.05) is 18.6 Å². The van der Waals surface area contributed by atoms with Gasteiger partial charge in [0, 0.05) is 25.7 Å². The van der Waals surface area contributed by atoms with Crippen LogP contribution in [-0.2, 0) is 16.6 Å². The van der Waals surface area contributed by atoms with Crippen LogP contribution in [0.1, 0.15) is 35.2 Å². The Bertz CT molecular complexity index is 952. The molecule has 1 fully saturated rings. The summed E-state index contributed by atoms with van der Waals surface area (Å²) in [5.74, 6) is 0.739. The van der Waals surface area contributed by atoms with E-state index in [9.17, 15) is 13.2 Å². The Labute approximate surface area is 171 Å². The van der Waals surface area contributed by atoms with E-state index in [0.717, 1.165) is 24.8 Å². The van der Waals surface area contributed by atoms with E-state index in [1.54, 1.807) is 53.9 Å². The Hall–Kier alpha value is -2.58. The van der Waals surface area contributed by atoms with Crippen molar-refractivity contribution in [1.82, 2.24) is 9.62 Å². The van der Waals surface area contributed by atoms with Crippen LogP contribution in [0.3, 0.4) is 0 Å². The summed E-state index contributed by atoms with van der Waals surface area (Å²) in [4.78, 5) is 12.8. The topological polar surface area (TPSA) is 84.9 Å². The average Bonchev–Trinajstić information content (AvgIpc) is 2.77. The lowest BCUT2D eigenvalue weighted by Gasteiger charge is -2.25. The molecule has 0 atom stereocenters. The third-order valence-corrected chi connectivity index (χ3v) is 6.90. The van der Waals surface area contributed by atoms with Gasteiger partial charge < -0.3 is 14.8 Å². The maximum atomic E-state index is 12.7. The molecule has 1 aliphatic rings. The van der Waals surface area contributed by atoms with Gasteiger partial charge in [-0.2, -0.15) is 4.31 Å². The first-order chi connectivity index (χ1) is 14.0. The van der Waals surface area contributed by atoms with E-state index in [0.29, 0.717) is 30.2 Å². The zero-order chi connectivity index (χ0) is 20.9. The normalized spacial score (nSPS) is 15.0. The molecular formula is C21H26N2O5S. The van der Waals surface area contributed by atoms with Gasteiger partial charge in [0.2, 0.25) is 10.0 Å². The molecule has 156 valence electrons. The molecule has 1 saturated heterocycles. The lowest BCUT2D eigenvalue weighted by Crippen LogP contribution is -2.35. The number of amides is 1. The van der Waals surface area contributed by atoms with Gasteiger partial charge in [0.25, 0.3) is 5.91 Å². The second kappa shape index (κ2) is 9.28. The summed E-state index contributed by atoms with van der Waals surface area (Å²) in [5, 5.41) is 2.83. The van der Waals surface area contributed by atoms with Crippen LogP contribution in [-0.4, -0.2) is 45.9 Å². The van der Waals surface area contributed by atoms with Crippen molar-refractivity contribution in [1.29, 1.82) is 0 Å². The molecule has 2 aromatic rings. The minimum atomic E-state index is -3.45. The minimum absolute atomic E-state index is 0.276. The molecule has 1 heterocycles. The van der Waals surface area contributed by atoms with E-state index in [1.807, 2.05) is 0 Å². The van der Waals surface area contributed by atoms with Crippen LogP contribution in [0.5, 0.6) is 11.5 Å². The summed E-state index contributed by atoms with van der Waals surface area (Å²) >= 11 is 0. The van der Waals surface area contributed by atoms with Gasteiger partial charge in [-0.15, -0.1) is 0 Å². The van der Waals surface area contributed by atoms with E-state index in [4.69, 9.17) is 9.47 Å². The van der Waals surface area contributed by atoms with Gasteiger partial charge in [0.1, 0.15) is 11.5 Å². The Morgan fingerprint density at radius 2 is 1.69 bits per heavy atom. The third kappa shape index (κ3) is 4.89. The van der Waals surface area contributed by atoms with Crippen molar-refractivity contribution < 1.29 is 22.7 Å². The van der Waals surface area contributed by atoms with Crippen LogP contribution in [0.2, 0.25) is 0 Å². The van der Waals surface area contributed by atoms with Gasteiger partial charge in [-0.3, -0.25) is 4.79 Å². The Morgan fingerprint density at radius 1 is 1.00 bits per heavy atom. The largest absolute Gasteiger partial charge is 0.497 e. The van der Waals surface area contributed by atoms with Crippen molar-refractivity contribution in [3.8, 4) is 11.5 Å². The molecule has 0 unspecified atom stereocenters. The fourth-order valence-corrected chi connectivity index (χ4v) is 4.81. The first-order valence-electron chi connectivity index (χ1n) is 9.55. The maximum absolute atomic E-state index is 12.7. The number of ether oxygens (including phenoxy) is 2. The van der Waals surface area contributed by atoms with Crippen molar-refractivity contribution in [2.75, 3.05) is 27.3 Å². The molecule has 7 nitrogen and oxygen atoms in total. The Kier molecular flexibility index (Phi) is 6.76. The van der Waals surface area contributed by atoms with Crippen molar-refractivity contribution in [3.63, 3.8) is 0 Å². The first-order valence-corrected chi connectivity index (χ1v) is 11.0. The highest BCUT2D eigenvalue weighted by Crippen LogP contribution is 2.25. The zero-order valence-electron chi connectivity index (χ0n) is 16.7. The van der Waals surface area contributed by atoms with Gasteiger partial charge in [-0.25, -0.2) is 8.42 Å². The zero-order valence-corrected chi connectivity index (χ0v) is 17.5. The number of rotatable bonds is 7. The van der Waals surface area contributed by atoms with E-state index in [1.165, 1.54) is 7.11 Å². The molecule has 0 aliphatic carbocycles. The average molecular weight is 419 g/mol. The second-order valence-electron chi connectivity index (χ2n) is 6.86. The van der Waals surface area contributed by atoms with Crippen LogP contribution in [0.15, 0.2) is 47.4 Å². The van der Waals surface area contributed by atoms with Crippen LogP contribution in [0, 0.1) is 0 Å². The predicted octanol–water partition coefficient (Wildman–Crippen LogP) is 2.81. The molecule has 0 saturated carbocycles. The summed E-state index contributed by atoms with van der Waals surface area (Å²) in [7, 11) is -0.413. The monoisotopic (exact) mass is 418 g/mol. The van der Waals surface area contributed by atoms with Crippen LogP contribution in [0.25, 0.3) is 0 Å². The number of nitrogens with one attached hydrogen (secondary N) is 1. The van der Waals surface area contributed by atoms with E-state index < -0.39 is 10.0 Å². The van der Waals surface area contributed by atoms with E-state index >= 15 is 0 Å². The molecule has 1 N–H and O–H groups in total. The number of sulfonamides is 1. The van der Waals surface area contributed by atoms with Gasteiger partial charge in [-0.05, 0) is 42.7 Å². The SMILES string of the molecule is COc1ccc(C(=O)NCc2ccc(S(=O)(=O)N3CCCCC3)cc2)c(OC)c1. The lowest BCUT2D eigenvalue weighted by atomic mass is 10.1. The quantitative estimate of drug-likeness (QED) is 0.747. The summed E-state index contributed by atoms with van der Waals surface area (Å²) in [5.41, 5.74) is 1.21. The van der Waals surface area contributed by atoms with Crippen LogP contribution >= 0.6 is 0 Å². The molecule has 3 rings (SSSR count). The van der Waals surface area contributed by atoms with E-state index in [2.05, 4.69) is 5.32 Å². The van der Waals surface area contributed by atoms with Gasteiger partial charge in [0.05, 0.1) is 24.7 Å². The molecule has 0 radical (unpaired) electrons. The summed E-state index contributed by atoms with van der Waals surface area (Å²) < 4.78 is 37.4. The van der Waals surface area contributed by atoms with E-state index in [-0.39, 0.29) is 17.3 Å². The van der Waals surface area contributed by atoms with Crippen molar-refractivity contribution in [2.24, 2.45) is 0 Å². The van der Waals surface area contributed by atoms with Crippen LogP contribution in [0.4, 0.5) is 0 Å². The highest BCUT2D eigenvalue weighted by molar-refractivity contribution is 7.89. The fraction of sp³-hybridized carbons (Fsp3) is 0.381. The van der Waals surface area contributed by atoms with Crippen LogP contribution < -0.4 is 14.8 Å². The number of hydrogen-bond donors (Lipinski definition) is 1.